The van der Waals surface area contributed by atoms with Gasteiger partial charge in [-0.25, -0.2) is 5.43 Å². The molecule has 2 N–H and O–H groups in total. The van der Waals surface area contributed by atoms with Crippen LogP contribution in [-0.4, -0.2) is 17.2 Å². The molecule has 0 aliphatic heterocycles. The van der Waals surface area contributed by atoms with Gasteiger partial charge in [-0.1, -0.05) is 18.2 Å². The van der Waals surface area contributed by atoms with Gasteiger partial charge in [0.25, 0.3) is 5.91 Å². The van der Waals surface area contributed by atoms with Crippen LogP contribution in [0.1, 0.15) is 15.9 Å². The molecule has 2 aromatic rings. The molecule has 2 aromatic carbocycles. The molecule has 0 heterocycles. The van der Waals surface area contributed by atoms with Crippen LogP contribution < -0.4 is 5.43 Å². The largest absolute Gasteiger partial charge is 0.507 e. The fourth-order valence-electron chi connectivity index (χ4n) is 1.42. The van der Waals surface area contributed by atoms with E-state index in [1.165, 1.54) is 6.21 Å². The molecule has 0 radical (unpaired) electrons. The number of amides is 1. The van der Waals surface area contributed by atoms with Crippen LogP contribution >= 0.6 is 22.6 Å². The molecule has 19 heavy (non-hydrogen) atoms. The Bertz CT molecular complexity index is 612. The molecule has 0 saturated heterocycles. The Balaban J connectivity index is 2.00. The first-order chi connectivity index (χ1) is 9.16. The molecular weight excluding hydrogens is 355 g/mol. The molecule has 4 nitrogen and oxygen atoms in total. The lowest BCUT2D eigenvalue weighted by molar-refractivity contribution is 0.0955. The third-order valence-corrected chi connectivity index (χ3v) is 3.25. The Labute approximate surface area is 124 Å². The van der Waals surface area contributed by atoms with Gasteiger partial charge >= 0.3 is 0 Å². The minimum absolute atomic E-state index is 0.228. The minimum atomic E-state index is -0.259. The zero-order valence-corrected chi connectivity index (χ0v) is 12.0. The first-order valence-electron chi connectivity index (χ1n) is 5.54. The number of carbonyl (C=O) groups excluding carboxylic acids is 1. The maximum absolute atomic E-state index is 11.7. The SMILES string of the molecule is O=C(N/N=C/c1ccc(O)c(I)c1)c1ccccc1. The van der Waals surface area contributed by atoms with E-state index in [1.807, 2.05) is 28.7 Å². The Morgan fingerprint density at radius 1 is 1.21 bits per heavy atom. The van der Waals surface area contributed by atoms with Crippen LogP contribution in [0.4, 0.5) is 0 Å². The summed E-state index contributed by atoms with van der Waals surface area (Å²) in [5.74, 6) is -0.0311. The fourth-order valence-corrected chi connectivity index (χ4v) is 1.96. The third kappa shape index (κ3) is 3.78. The second kappa shape index (κ2) is 6.33. The highest BCUT2D eigenvalue weighted by Gasteiger charge is 2.01. The molecule has 0 saturated carbocycles. The van der Waals surface area contributed by atoms with Crippen molar-refractivity contribution < 1.29 is 9.90 Å². The van der Waals surface area contributed by atoms with E-state index in [0.717, 1.165) is 9.13 Å². The molecule has 0 spiro atoms. The van der Waals surface area contributed by atoms with Gasteiger partial charge in [-0.15, -0.1) is 0 Å². The lowest BCUT2D eigenvalue weighted by Crippen LogP contribution is -2.17. The summed E-state index contributed by atoms with van der Waals surface area (Å²) in [7, 11) is 0. The van der Waals surface area contributed by atoms with Gasteiger partial charge in [0.2, 0.25) is 0 Å². The van der Waals surface area contributed by atoms with Gasteiger partial charge in [0.05, 0.1) is 9.78 Å². The van der Waals surface area contributed by atoms with Crippen molar-refractivity contribution in [2.75, 3.05) is 0 Å². The summed E-state index contributed by atoms with van der Waals surface area (Å²) in [4.78, 5) is 11.7. The Hall–Kier alpha value is -1.89. The molecule has 0 aliphatic carbocycles. The highest BCUT2D eigenvalue weighted by molar-refractivity contribution is 14.1. The predicted octanol–water partition coefficient (Wildman–Crippen LogP) is 2.76. The molecule has 2 rings (SSSR count). The monoisotopic (exact) mass is 366 g/mol. The number of hydrogen-bond acceptors (Lipinski definition) is 3. The molecule has 96 valence electrons. The van der Waals surface area contributed by atoms with Crippen LogP contribution in [0.3, 0.4) is 0 Å². The van der Waals surface area contributed by atoms with Crippen LogP contribution in [0.2, 0.25) is 0 Å². The number of aromatic hydroxyl groups is 1. The Kier molecular flexibility index (Phi) is 4.51. The number of halogens is 1. The molecule has 0 fully saturated rings. The van der Waals surface area contributed by atoms with E-state index < -0.39 is 0 Å². The number of nitrogens with zero attached hydrogens (tertiary/aromatic N) is 1. The third-order valence-electron chi connectivity index (χ3n) is 2.39. The van der Waals surface area contributed by atoms with E-state index in [9.17, 15) is 9.90 Å². The van der Waals surface area contributed by atoms with Crippen molar-refractivity contribution in [3.63, 3.8) is 0 Å². The number of hydrogen-bond donors (Lipinski definition) is 2. The number of phenolic OH excluding ortho intramolecular Hbond substituents is 1. The van der Waals surface area contributed by atoms with Crippen molar-refractivity contribution >= 4 is 34.7 Å². The van der Waals surface area contributed by atoms with Gasteiger partial charge in [-0.05, 0) is 58.5 Å². The lowest BCUT2D eigenvalue weighted by atomic mass is 10.2. The van der Waals surface area contributed by atoms with Gasteiger partial charge in [-0.3, -0.25) is 4.79 Å². The van der Waals surface area contributed by atoms with Crippen LogP contribution in [0.5, 0.6) is 5.75 Å². The van der Waals surface area contributed by atoms with E-state index in [4.69, 9.17) is 0 Å². The van der Waals surface area contributed by atoms with E-state index in [-0.39, 0.29) is 11.7 Å². The molecule has 0 atom stereocenters. The molecule has 0 aromatic heterocycles. The Morgan fingerprint density at radius 2 is 1.95 bits per heavy atom. The smallest absolute Gasteiger partial charge is 0.271 e. The van der Waals surface area contributed by atoms with E-state index in [1.54, 1.807) is 42.5 Å². The zero-order chi connectivity index (χ0) is 13.7. The first kappa shape index (κ1) is 13.5. The molecule has 0 bridgehead atoms. The normalized spacial score (nSPS) is 10.6. The van der Waals surface area contributed by atoms with Gasteiger partial charge in [-0.2, -0.15) is 5.10 Å². The summed E-state index contributed by atoms with van der Waals surface area (Å²) in [6.45, 7) is 0. The average molecular weight is 366 g/mol. The summed E-state index contributed by atoms with van der Waals surface area (Å²) in [5.41, 5.74) is 3.80. The van der Waals surface area contributed by atoms with Crippen LogP contribution in [0.15, 0.2) is 53.6 Å². The van der Waals surface area contributed by atoms with Gasteiger partial charge in [0.15, 0.2) is 0 Å². The van der Waals surface area contributed by atoms with E-state index in [0.29, 0.717) is 5.56 Å². The summed E-state index contributed by atoms with van der Waals surface area (Å²) in [5, 5.41) is 13.3. The number of nitrogens with one attached hydrogen (secondary N) is 1. The van der Waals surface area contributed by atoms with Gasteiger partial charge in [0.1, 0.15) is 5.75 Å². The van der Waals surface area contributed by atoms with E-state index in [2.05, 4.69) is 10.5 Å². The zero-order valence-electron chi connectivity index (χ0n) is 9.88. The lowest BCUT2D eigenvalue weighted by Gasteiger charge is -2.00. The van der Waals surface area contributed by atoms with Crippen molar-refractivity contribution in [3.05, 3.63) is 63.2 Å². The van der Waals surface area contributed by atoms with Crippen molar-refractivity contribution in [1.29, 1.82) is 0 Å². The van der Waals surface area contributed by atoms with Crippen molar-refractivity contribution in [1.82, 2.24) is 5.43 Å². The van der Waals surface area contributed by atoms with Crippen LogP contribution in [0.25, 0.3) is 0 Å². The number of phenols is 1. The summed E-state index contributed by atoms with van der Waals surface area (Å²) in [6.07, 6.45) is 1.53. The van der Waals surface area contributed by atoms with Crippen molar-refractivity contribution in [2.45, 2.75) is 0 Å². The molecular formula is C14H11IN2O2. The maximum Gasteiger partial charge on any atom is 0.271 e. The maximum atomic E-state index is 11.7. The average Bonchev–Trinajstić information content (AvgIpc) is 2.43. The summed E-state index contributed by atoms with van der Waals surface area (Å²) < 4.78 is 0.732. The number of benzene rings is 2. The second-order valence-corrected chi connectivity index (χ2v) is 4.94. The number of hydrazone groups is 1. The topological polar surface area (TPSA) is 61.7 Å². The van der Waals surface area contributed by atoms with Crippen molar-refractivity contribution in [3.8, 4) is 5.75 Å². The Morgan fingerprint density at radius 3 is 2.63 bits per heavy atom. The van der Waals surface area contributed by atoms with Gasteiger partial charge in [0, 0.05) is 5.56 Å². The highest BCUT2D eigenvalue weighted by Crippen LogP contribution is 2.19. The minimum Gasteiger partial charge on any atom is -0.507 e. The molecule has 1 amide bonds. The quantitative estimate of drug-likeness (QED) is 0.499. The summed E-state index contributed by atoms with van der Waals surface area (Å²) in [6, 6.07) is 13.9. The number of carbonyl (C=O) groups is 1. The molecule has 0 unspecified atom stereocenters. The standard InChI is InChI=1S/C14H11IN2O2/c15-12-8-10(6-7-13(12)18)9-16-17-14(19)11-4-2-1-3-5-11/h1-9,18H,(H,17,19)/b16-9+. The highest BCUT2D eigenvalue weighted by atomic mass is 127. The first-order valence-corrected chi connectivity index (χ1v) is 6.61. The van der Waals surface area contributed by atoms with Crippen LogP contribution in [0, 0.1) is 3.57 Å². The van der Waals surface area contributed by atoms with E-state index >= 15 is 0 Å². The fraction of sp³-hybridized carbons (Fsp3) is 0. The van der Waals surface area contributed by atoms with Crippen molar-refractivity contribution in [2.24, 2.45) is 5.10 Å². The van der Waals surface area contributed by atoms with Gasteiger partial charge < -0.3 is 5.11 Å². The second-order valence-electron chi connectivity index (χ2n) is 3.78. The summed E-state index contributed by atoms with van der Waals surface area (Å²) >= 11 is 2.03. The number of rotatable bonds is 3. The molecule has 5 heteroatoms. The predicted molar refractivity (Wildman–Crippen MR) is 82.3 cm³/mol. The molecule has 0 aliphatic rings. The van der Waals surface area contributed by atoms with Crippen LogP contribution in [-0.2, 0) is 0 Å².